The average Bonchev–Trinajstić information content (AvgIpc) is 3.18. The van der Waals surface area contributed by atoms with Crippen molar-refractivity contribution >= 4 is 21.6 Å². The first kappa shape index (κ1) is 20.8. The largest absolute Gasteiger partial charge is 0.301 e. The number of hydrogen-bond donors (Lipinski definition) is 0. The maximum absolute atomic E-state index is 13.2. The van der Waals surface area contributed by atoms with Gasteiger partial charge >= 0.3 is 0 Å². The molecule has 1 aromatic carbocycles. The summed E-state index contributed by atoms with van der Waals surface area (Å²) in [5, 5.41) is 0.829. The molecular formula is C24H29FN4OS. The lowest BCUT2D eigenvalue weighted by atomic mass is 9.91. The monoisotopic (exact) mass is 440 g/mol. The highest BCUT2D eigenvalue weighted by Gasteiger charge is 2.30. The van der Waals surface area contributed by atoms with Crippen LogP contribution in [-0.2, 0) is 25.8 Å². The van der Waals surface area contributed by atoms with Crippen LogP contribution >= 0.6 is 11.3 Å². The Labute approximate surface area is 186 Å². The van der Waals surface area contributed by atoms with Gasteiger partial charge in [0.25, 0.3) is 5.56 Å². The van der Waals surface area contributed by atoms with Crippen LogP contribution in [-0.4, -0.2) is 58.1 Å². The number of halogens is 1. The lowest BCUT2D eigenvalue weighted by molar-refractivity contribution is 0.0932. The van der Waals surface area contributed by atoms with Crippen molar-refractivity contribution in [1.82, 2.24) is 19.4 Å². The summed E-state index contributed by atoms with van der Waals surface area (Å²) in [5.41, 5.74) is 2.32. The fraction of sp³-hybridized carbons (Fsp3) is 0.500. The van der Waals surface area contributed by atoms with Crippen LogP contribution in [0.3, 0.4) is 0 Å². The molecule has 0 N–H and O–H groups in total. The topological polar surface area (TPSA) is 41.4 Å². The van der Waals surface area contributed by atoms with Gasteiger partial charge in [0.15, 0.2) is 0 Å². The van der Waals surface area contributed by atoms with E-state index in [0.717, 1.165) is 67.8 Å². The highest BCUT2D eigenvalue weighted by atomic mass is 32.1. The van der Waals surface area contributed by atoms with Gasteiger partial charge in [-0.2, -0.15) is 0 Å². The van der Waals surface area contributed by atoms with Crippen molar-refractivity contribution in [3.05, 3.63) is 62.8 Å². The summed E-state index contributed by atoms with van der Waals surface area (Å²) in [5.74, 6) is -0.237. The van der Waals surface area contributed by atoms with Crippen LogP contribution in [0.2, 0.25) is 0 Å². The van der Waals surface area contributed by atoms with E-state index in [9.17, 15) is 9.18 Å². The Bertz CT molecular complexity index is 1120. The number of aromatic nitrogens is 2. The molecule has 0 radical (unpaired) electrons. The summed E-state index contributed by atoms with van der Waals surface area (Å²) in [6, 6.07) is 7.07. The Morgan fingerprint density at radius 2 is 1.94 bits per heavy atom. The normalized spacial score (nSPS) is 20.3. The maximum Gasteiger partial charge on any atom is 0.262 e. The smallest absolute Gasteiger partial charge is 0.262 e. The van der Waals surface area contributed by atoms with Gasteiger partial charge in [0.05, 0.1) is 11.7 Å². The van der Waals surface area contributed by atoms with Gasteiger partial charge in [0.1, 0.15) is 10.6 Å². The minimum absolute atomic E-state index is 0.0691. The van der Waals surface area contributed by atoms with E-state index in [-0.39, 0.29) is 11.4 Å². The van der Waals surface area contributed by atoms with E-state index in [0.29, 0.717) is 19.0 Å². The first-order valence-corrected chi connectivity index (χ1v) is 12.1. The third kappa shape index (κ3) is 4.19. The number of fused-ring (bicyclic) bond motifs is 3. The number of hydrogen-bond acceptors (Lipinski definition) is 5. The lowest BCUT2D eigenvalue weighted by Crippen LogP contribution is -2.51. The number of aryl methyl sites for hydroxylation is 3. The molecule has 5 nitrogen and oxygen atoms in total. The molecule has 2 aliphatic rings. The number of nitrogens with zero attached hydrogens (tertiary/aromatic N) is 4. The van der Waals surface area contributed by atoms with Crippen molar-refractivity contribution in [2.24, 2.45) is 0 Å². The maximum atomic E-state index is 13.2. The molecule has 164 valence electrons. The minimum atomic E-state index is -0.237. The summed E-state index contributed by atoms with van der Waals surface area (Å²) < 4.78 is 14.8. The number of benzene rings is 1. The van der Waals surface area contributed by atoms with Gasteiger partial charge < -0.3 is 4.90 Å². The van der Waals surface area contributed by atoms with Crippen molar-refractivity contribution in [3.8, 4) is 0 Å². The third-order valence-corrected chi connectivity index (χ3v) is 8.10. The van der Waals surface area contributed by atoms with Crippen LogP contribution in [0.5, 0.6) is 0 Å². The first-order chi connectivity index (χ1) is 15.1. The molecular weight excluding hydrogens is 411 g/mol. The van der Waals surface area contributed by atoms with Crippen LogP contribution < -0.4 is 5.56 Å². The number of piperazine rings is 1. The molecule has 1 aliphatic carbocycles. The molecule has 1 atom stereocenters. The van der Waals surface area contributed by atoms with Crippen LogP contribution in [0.1, 0.15) is 29.3 Å². The van der Waals surface area contributed by atoms with E-state index in [1.54, 1.807) is 34.4 Å². The van der Waals surface area contributed by atoms with Crippen molar-refractivity contribution in [2.75, 3.05) is 32.7 Å². The SMILES string of the molecule is CCN1CCN(C2CCc3c(sc4ncn(CCc5ccc(F)cc5)c(=O)c34)C2)CC1. The fourth-order valence-corrected chi connectivity index (χ4v) is 6.25. The standard InChI is InChI=1S/C24H29FN4OS/c1-2-27-11-13-28(14-12-27)19-7-8-20-21(15-19)31-23-22(20)24(30)29(16-26-23)10-9-17-3-5-18(25)6-4-17/h3-6,16,19H,2,7-15H2,1H3. The molecule has 0 spiro atoms. The van der Waals surface area contributed by atoms with Gasteiger partial charge in [-0.1, -0.05) is 19.1 Å². The number of rotatable bonds is 5. The van der Waals surface area contributed by atoms with Gasteiger partial charge in [-0.25, -0.2) is 9.37 Å². The molecule has 1 unspecified atom stereocenters. The molecule has 0 amide bonds. The van der Waals surface area contributed by atoms with Crippen LogP contribution in [0, 0.1) is 5.82 Å². The van der Waals surface area contributed by atoms with Crippen LogP contribution in [0.4, 0.5) is 4.39 Å². The Kier molecular flexibility index (Phi) is 5.91. The molecule has 1 fully saturated rings. The minimum Gasteiger partial charge on any atom is -0.301 e. The fourth-order valence-electron chi connectivity index (χ4n) is 5.00. The van der Waals surface area contributed by atoms with E-state index < -0.39 is 0 Å². The van der Waals surface area contributed by atoms with Crippen LogP contribution in [0.15, 0.2) is 35.4 Å². The average molecular weight is 441 g/mol. The van der Waals surface area contributed by atoms with E-state index in [1.165, 1.54) is 22.6 Å². The van der Waals surface area contributed by atoms with Gasteiger partial charge in [0.2, 0.25) is 0 Å². The Hall–Kier alpha value is -2.09. The van der Waals surface area contributed by atoms with Gasteiger partial charge in [-0.15, -0.1) is 11.3 Å². The van der Waals surface area contributed by atoms with E-state index in [2.05, 4.69) is 21.7 Å². The summed E-state index contributed by atoms with van der Waals surface area (Å²) >= 11 is 1.71. The second-order valence-electron chi connectivity index (χ2n) is 8.67. The zero-order valence-corrected chi connectivity index (χ0v) is 18.8. The molecule has 3 heterocycles. The summed E-state index contributed by atoms with van der Waals surface area (Å²) in [4.78, 5) is 25.3. The summed E-state index contributed by atoms with van der Waals surface area (Å²) in [6.45, 7) is 8.54. The van der Waals surface area contributed by atoms with Gasteiger partial charge in [-0.3, -0.25) is 14.3 Å². The number of thiophene rings is 1. The van der Waals surface area contributed by atoms with Crippen LogP contribution in [0.25, 0.3) is 10.2 Å². The first-order valence-electron chi connectivity index (χ1n) is 11.3. The van der Waals surface area contributed by atoms with Crippen molar-refractivity contribution < 1.29 is 4.39 Å². The van der Waals surface area contributed by atoms with Crippen molar-refractivity contribution in [3.63, 3.8) is 0 Å². The lowest BCUT2D eigenvalue weighted by Gasteiger charge is -2.40. The van der Waals surface area contributed by atoms with Gasteiger partial charge in [0, 0.05) is 43.6 Å². The summed E-state index contributed by atoms with van der Waals surface area (Å²) in [7, 11) is 0. The second-order valence-corrected chi connectivity index (χ2v) is 9.75. The molecule has 0 saturated carbocycles. The predicted molar refractivity (Wildman–Crippen MR) is 123 cm³/mol. The molecule has 31 heavy (non-hydrogen) atoms. The zero-order valence-electron chi connectivity index (χ0n) is 18.0. The summed E-state index contributed by atoms with van der Waals surface area (Å²) in [6.07, 6.45) is 5.49. The second kappa shape index (κ2) is 8.81. The third-order valence-electron chi connectivity index (χ3n) is 6.93. The zero-order chi connectivity index (χ0) is 21.4. The Morgan fingerprint density at radius 3 is 2.68 bits per heavy atom. The van der Waals surface area contributed by atoms with E-state index >= 15 is 0 Å². The van der Waals surface area contributed by atoms with Crippen molar-refractivity contribution in [2.45, 2.75) is 45.2 Å². The molecule has 7 heteroatoms. The number of likely N-dealkylation sites (N-methyl/N-ethyl adjacent to an activating group) is 1. The molecule has 5 rings (SSSR count). The quantitative estimate of drug-likeness (QED) is 0.610. The Balaban J connectivity index is 1.33. The predicted octanol–water partition coefficient (Wildman–Crippen LogP) is 3.33. The molecule has 0 bridgehead atoms. The highest BCUT2D eigenvalue weighted by Crippen LogP contribution is 2.35. The highest BCUT2D eigenvalue weighted by molar-refractivity contribution is 7.18. The Morgan fingerprint density at radius 1 is 1.16 bits per heavy atom. The van der Waals surface area contributed by atoms with E-state index in [4.69, 9.17) is 0 Å². The van der Waals surface area contributed by atoms with Crippen molar-refractivity contribution in [1.29, 1.82) is 0 Å². The van der Waals surface area contributed by atoms with E-state index in [1.807, 2.05) is 0 Å². The van der Waals surface area contributed by atoms with Gasteiger partial charge in [-0.05, 0) is 55.5 Å². The molecule has 1 aliphatic heterocycles. The molecule has 1 saturated heterocycles. The molecule has 2 aromatic heterocycles. The molecule has 3 aromatic rings.